The molecule has 2 aromatic carbocycles. The molecule has 3 nitrogen and oxygen atoms in total. The van der Waals surface area contributed by atoms with Crippen LogP contribution in [0.3, 0.4) is 0 Å². The van der Waals surface area contributed by atoms with E-state index in [1.54, 1.807) is 37.4 Å². The minimum atomic E-state index is -3.30. The van der Waals surface area contributed by atoms with Crippen LogP contribution in [-0.4, -0.2) is 21.7 Å². The van der Waals surface area contributed by atoms with Crippen molar-refractivity contribution in [3.05, 3.63) is 63.9 Å². The molecule has 0 aromatic heterocycles. The molecular weight excluding hydrogens is 357 g/mol. The third kappa shape index (κ3) is 3.70. The van der Waals surface area contributed by atoms with Crippen LogP contribution in [0.25, 0.3) is 0 Å². The molecule has 1 N–H and O–H groups in total. The SMILES string of the molecule is CNC(c1cccc(S(C)(=O)=O)c1)c1cc(Br)ccc1F. The van der Waals surface area contributed by atoms with E-state index in [1.807, 2.05) is 0 Å². The zero-order chi connectivity index (χ0) is 15.6. The molecule has 0 spiro atoms. The zero-order valence-corrected chi connectivity index (χ0v) is 14.0. The van der Waals surface area contributed by atoms with Crippen LogP contribution in [0.1, 0.15) is 17.2 Å². The Morgan fingerprint density at radius 3 is 2.52 bits per heavy atom. The van der Waals surface area contributed by atoms with E-state index >= 15 is 0 Å². The van der Waals surface area contributed by atoms with Crippen LogP contribution in [-0.2, 0) is 9.84 Å². The van der Waals surface area contributed by atoms with Crippen molar-refractivity contribution in [2.24, 2.45) is 0 Å². The van der Waals surface area contributed by atoms with Crippen molar-refractivity contribution in [2.45, 2.75) is 10.9 Å². The Labute approximate surface area is 132 Å². The van der Waals surface area contributed by atoms with Gasteiger partial charge in [-0.25, -0.2) is 12.8 Å². The van der Waals surface area contributed by atoms with Gasteiger partial charge in [0.25, 0.3) is 0 Å². The summed E-state index contributed by atoms with van der Waals surface area (Å²) in [6, 6.07) is 10.8. The van der Waals surface area contributed by atoms with Crippen molar-refractivity contribution in [3.8, 4) is 0 Å². The Kier molecular flexibility index (Phi) is 4.81. The summed E-state index contributed by atoms with van der Waals surface area (Å²) in [6.07, 6.45) is 1.15. The standard InChI is InChI=1S/C15H15BrFNO2S/c1-18-15(13-9-11(16)6-7-14(13)17)10-4-3-5-12(8-10)21(2,19)20/h3-9,15,18H,1-2H3. The first-order chi connectivity index (χ1) is 9.82. The van der Waals surface area contributed by atoms with E-state index in [0.29, 0.717) is 11.1 Å². The van der Waals surface area contributed by atoms with Crippen molar-refractivity contribution < 1.29 is 12.8 Å². The molecule has 0 saturated heterocycles. The molecule has 0 amide bonds. The zero-order valence-electron chi connectivity index (χ0n) is 11.6. The maximum atomic E-state index is 14.0. The van der Waals surface area contributed by atoms with E-state index < -0.39 is 15.9 Å². The lowest BCUT2D eigenvalue weighted by Gasteiger charge is -2.19. The van der Waals surface area contributed by atoms with E-state index in [4.69, 9.17) is 0 Å². The molecule has 6 heteroatoms. The number of benzene rings is 2. The predicted octanol–water partition coefficient (Wildman–Crippen LogP) is 3.30. The van der Waals surface area contributed by atoms with Gasteiger partial charge in [-0.2, -0.15) is 0 Å². The molecule has 0 fully saturated rings. The Balaban J connectivity index is 2.54. The van der Waals surface area contributed by atoms with Gasteiger partial charge in [0.2, 0.25) is 0 Å². The summed E-state index contributed by atoms with van der Waals surface area (Å²) in [5, 5.41) is 3.03. The second kappa shape index (κ2) is 6.25. The number of halogens is 2. The summed E-state index contributed by atoms with van der Waals surface area (Å²) in [6.45, 7) is 0. The van der Waals surface area contributed by atoms with E-state index in [1.165, 1.54) is 12.1 Å². The van der Waals surface area contributed by atoms with Gasteiger partial charge in [-0.1, -0.05) is 28.1 Å². The van der Waals surface area contributed by atoms with Crippen LogP contribution in [0, 0.1) is 5.82 Å². The van der Waals surface area contributed by atoms with Gasteiger partial charge >= 0.3 is 0 Å². The fourth-order valence-corrected chi connectivity index (χ4v) is 3.22. The van der Waals surface area contributed by atoms with Crippen molar-refractivity contribution >= 4 is 25.8 Å². The maximum Gasteiger partial charge on any atom is 0.175 e. The first-order valence-electron chi connectivity index (χ1n) is 6.25. The normalized spacial score (nSPS) is 13.1. The molecule has 2 aromatic rings. The smallest absolute Gasteiger partial charge is 0.175 e. The van der Waals surface area contributed by atoms with Crippen LogP contribution >= 0.6 is 15.9 Å². The quantitative estimate of drug-likeness (QED) is 0.896. The van der Waals surface area contributed by atoms with Crippen LogP contribution in [0.15, 0.2) is 51.8 Å². The highest BCUT2D eigenvalue weighted by Gasteiger charge is 2.18. The molecule has 0 aliphatic heterocycles. The predicted molar refractivity (Wildman–Crippen MR) is 84.6 cm³/mol. The van der Waals surface area contributed by atoms with Gasteiger partial charge in [-0.15, -0.1) is 0 Å². The summed E-state index contributed by atoms with van der Waals surface area (Å²) in [5.74, 6) is -0.345. The molecule has 0 aliphatic rings. The number of hydrogen-bond acceptors (Lipinski definition) is 3. The third-order valence-corrected chi connectivity index (χ3v) is 4.78. The average molecular weight is 372 g/mol. The fraction of sp³-hybridized carbons (Fsp3) is 0.200. The molecule has 0 saturated carbocycles. The van der Waals surface area contributed by atoms with Gasteiger partial charge in [0.05, 0.1) is 10.9 Å². The van der Waals surface area contributed by atoms with E-state index in [2.05, 4.69) is 21.2 Å². The molecule has 112 valence electrons. The summed E-state index contributed by atoms with van der Waals surface area (Å²) in [5.41, 5.74) is 1.15. The maximum absolute atomic E-state index is 14.0. The lowest BCUT2D eigenvalue weighted by Crippen LogP contribution is -2.19. The van der Waals surface area contributed by atoms with Crippen molar-refractivity contribution in [1.29, 1.82) is 0 Å². The van der Waals surface area contributed by atoms with Crippen molar-refractivity contribution in [1.82, 2.24) is 5.32 Å². The van der Waals surface area contributed by atoms with Gasteiger partial charge in [0.1, 0.15) is 5.82 Å². The fourth-order valence-electron chi connectivity index (χ4n) is 2.16. The lowest BCUT2D eigenvalue weighted by atomic mass is 9.98. The Bertz CT molecular complexity index is 762. The molecule has 1 atom stereocenters. The van der Waals surface area contributed by atoms with Crippen LogP contribution in [0.5, 0.6) is 0 Å². The largest absolute Gasteiger partial charge is 0.309 e. The van der Waals surface area contributed by atoms with Crippen LogP contribution in [0.2, 0.25) is 0 Å². The summed E-state index contributed by atoms with van der Waals surface area (Å²) in [7, 11) is -1.59. The Hall–Kier alpha value is -1.24. The number of sulfone groups is 1. The van der Waals surface area contributed by atoms with Crippen molar-refractivity contribution in [3.63, 3.8) is 0 Å². The summed E-state index contributed by atoms with van der Waals surface area (Å²) < 4.78 is 38.1. The molecule has 2 rings (SSSR count). The first kappa shape index (κ1) is 16.1. The minimum absolute atomic E-state index is 0.218. The van der Waals surface area contributed by atoms with E-state index in [-0.39, 0.29) is 10.7 Å². The molecular formula is C15H15BrFNO2S. The second-order valence-corrected chi connectivity index (χ2v) is 7.66. The molecule has 0 heterocycles. The highest BCUT2D eigenvalue weighted by Crippen LogP contribution is 2.28. The van der Waals surface area contributed by atoms with Gasteiger partial charge in [-0.3, -0.25) is 0 Å². The number of hydrogen-bond donors (Lipinski definition) is 1. The van der Waals surface area contributed by atoms with Gasteiger partial charge in [0, 0.05) is 16.3 Å². The summed E-state index contributed by atoms with van der Waals surface area (Å²) in [4.78, 5) is 0.218. The van der Waals surface area contributed by atoms with Crippen LogP contribution in [0.4, 0.5) is 4.39 Å². The Morgan fingerprint density at radius 2 is 1.90 bits per heavy atom. The van der Waals surface area contributed by atoms with Crippen molar-refractivity contribution in [2.75, 3.05) is 13.3 Å². The van der Waals surface area contributed by atoms with Crippen LogP contribution < -0.4 is 5.32 Å². The first-order valence-corrected chi connectivity index (χ1v) is 8.93. The van der Waals surface area contributed by atoms with E-state index in [9.17, 15) is 12.8 Å². The van der Waals surface area contributed by atoms with Gasteiger partial charge < -0.3 is 5.32 Å². The molecule has 1 unspecified atom stereocenters. The highest BCUT2D eigenvalue weighted by molar-refractivity contribution is 9.10. The molecule has 0 aliphatic carbocycles. The highest BCUT2D eigenvalue weighted by atomic mass is 79.9. The third-order valence-electron chi connectivity index (χ3n) is 3.18. The summed E-state index contributed by atoms with van der Waals surface area (Å²) >= 11 is 3.32. The van der Waals surface area contributed by atoms with Gasteiger partial charge in [0.15, 0.2) is 9.84 Å². The lowest BCUT2D eigenvalue weighted by molar-refractivity contribution is 0.575. The minimum Gasteiger partial charge on any atom is -0.309 e. The topological polar surface area (TPSA) is 46.2 Å². The Morgan fingerprint density at radius 1 is 1.19 bits per heavy atom. The average Bonchev–Trinajstić information content (AvgIpc) is 2.43. The number of rotatable bonds is 4. The number of nitrogens with one attached hydrogen (secondary N) is 1. The molecule has 0 bridgehead atoms. The molecule has 21 heavy (non-hydrogen) atoms. The van der Waals surface area contributed by atoms with E-state index in [0.717, 1.165) is 10.7 Å². The second-order valence-electron chi connectivity index (χ2n) is 4.73. The van der Waals surface area contributed by atoms with Gasteiger partial charge in [-0.05, 0) is 42.9 Å². The monoisotopic (exact) mass is 371 g/mol. The molecule has 0 radical (unpaired) electrons.